The minimum atomic E-state index is -0.954. The SMILES string of the molecule is COc1ccc(F)cc1CCC(C)(O)C1CNCCO1. The van der Waals surface area contributed by atoms with E-state index in [1.807, 2.05) is 0 Å². The van der Waals surface area contributed by atoms with Crippen molar-refractivity contribution >= 4 is 0 Å². The van der Waals surface area contributed by atoms with Gasteiger partial charge in [-0.05, 0) is 43.5 Å². The molecule has 2 unspecified atom stereocenters. The molecule has 2 N–H and O–H groups in total. The molecule has 0 bridgehead atoms. The zero-order valence-electron chi connectivity index (χ0n) is 12.0. The van der Waals surface area contributed by atoms with Gasteiger partial charge < -0.3 is 19.9 Å². The Morgan fingerprint density at radius 3 is 3.00 bits per heavy atom. The van der Waals surface area contributed by atoms with Gasteiger partial charge in [0.05, 0.1) is 25.4 Å². The molecule has 1 aromatic rings. The van der Waals surface area contributed by atoms with Gasteiger partial charge in [0.25, 0.3) is 0 Å². The van der Waals surface area contributed by atoms with Crippen molar-refractivity contribution in [3.63, 3.8) is 0 Å². The smallest absolute Gasteiger partial charge is 0.123 e. The summed E-state index contributed by atoms with van der Waals surface area (Å²) in [6.45, 7) is 3.80. The third-order valence-corrected chi connectivity index (χ3v) is 3.76. The van der Waals surface area contributed by atoms with Crippen LogP contribution in [0.25, 0.3) is 0 Å². The summed E-state index contributed by atoms with van der Waals surface area (Å²) in [6.07, 6.45) is 0.781. The Balaban J connectivity index is 2.01. The van der Waals surface area contributed by atoms with E-state index in [1.165, 1.54) is 12.1 Å². The molecule has 1 aromatic carbocycles. The molecule has 1 saturated heterocycles. The molecule has 0 aromatic heterocycles. The quantitative estimate of drug-likeness (QED) is 0.860. The second kappa shape index (κ2) is 6.52. The first-order chi connectivity index (χ1) is 9.53. The van der Waals surface area contributed by atoms with E-state index in [-0.39, 0.29) is 11.9 Å². The third-order valence-electron chi connectivity index (χ3n) is 3.76. The Morgan fingerprint density at radius 2 is 2.35 bits per heavy atom. The average molecular weight is 283 g/mol. The molecule has 1 aliphatic heterocycles. The van der Waals surface area contributed by atoms with Gasteiger partial charge in [0.1, 0.15) is 11.6 Å². The topological polar surface area (TPSA) is 50.7 Å². The van der Waals surface area contributed by atoms with Crippen LogP contribution in [0.4, 0.5) is 4.39 Å². The number of halogens is 1. The van der Waals surface area contributed by atoms with Crippen molar-refractivity contribution in [2.45, 2.75) is 31.5 Å². The first kappa shape index (κ1) is 15.2. The van der Waals surface area contributed by atoms with Crippen LogP contribution in [0.5, 0.6) is 5.75 Å². The molecule has 2 rings (SSSR count). The Bertz CT molecular complexity index is 445. The summed E-state index contributed by atoms with van der Waals surface area (Å²) in [6, 6.07) is 4.43. The maximum Gasteiger partial charge on any atom is 0.123 e. The fraction of sp³-hybridized carbons (Fsp3) is 0.600. The molecule has 4 nitrogen and oxygen atoms in total. The Hall–Kier alpha value is -1.17. The summed E-state index contributed by atoms with van der Waals surface area (Å²) in [5.74, 6) is 0.348. The predicted molar refractivity (Wildman–Crippen MR) is 74.5 cm³/mol. The van der Waals surface area contributed by atoms with E-state index in [0.29, 0.717) is 31.7 Å². The molecule has 112 valence electrons. The summed E-state index contributed by atoms with van der Waals surface area (Å²) < 4.78 is 24.1. The van der Waals surface area contributed by atoms with Crippen LogP contribution >= 0.6 is 0 Å². The Kier molecular flexibility index (Phi) is 4.96. The van der Waals surface area contributed by atoms with Gasteiger partial charge in [-0.3, -0.25) is 0 Å². The lowest BCUT2D eigenvalue weighted by atomic mass is 9.90. The minimum absolute atomic E-state index is 0.240. The highest BCUT2D eigenvalue weighted by atomic mass is 19.1. The number of benzene rings is 1. The zero-order valence-corrected chi connectivity index (χ0v) is 12.0. The monoisotopic (exact) mass is 283 g/mol. The number of ether oxygens (including phenoxy) is 2. The van der Waals surface area contributed by atoms with E-state index in [4.69, 9.17) is 9.47 Å². The molecule has 0 aliphatic carbocycles. The molecule has 0 amide bonds. The highest BCUT2D eigenvalue weighted by molar-refractivity contribution is 5.34. The molecule has 5 heteroatoms. The zero-order chi connectivity index (χ0) is 14.6. The Labute approximate surface area is 118 Å². The van der Waals surface area contributed by atoms with E-state index in [0.717, 1.165) is 12.1 Å². The summed E-state index contributed by atoms with van der Waals surface area (Å²) in [7, 11) is 1.56. The van der Waals surface area contributed by atoms with Crippen LogP contribution in [0.1, 0.15) is 18.9 Å². The fourth-order valence-corrected chi connectivity index (χ4v) is 2.46. The van der Waals surface area contributed by atoms with E-state index in [2.05, 4.69) is 5.32 Å². The molecule has 1 aliphatic rings. The van der Waals surface area contributed by atoms with Crippen molar-refractivity contribution in [1.82, 2.24) is 5.32 Å². The van der Waals surface area contributed by atoms with Crippen LogP contribution in [-0.2, 0) is 11.2 Å². The van der Waals surface area contributed by atoms with Crippen molar-refractivity contribution in [3.8, 4) is 5.75 Å². The normalized spacial score (nSPS) is 22.3. The maximum atomic E-state index is 13.3. The number of nitrogens with one attached hydrogen (secondary N) is 1. The van der Waals surface area contributed by atoms with E-state index >= 15 is 0 Å². The summed E-state index contributed by atoms with van der Waals surface area (Å²) in [5, 5.41) is 13.7. The van der Waals surface area contributed by atoms with Crippen molar-refractivity contribution in [2.75, 3.05) is 26.8 Å². The van der Waals surface area contributed by atoms with Crippen LogP contribution in [0.3, 0.4) is 0 Å². The van der Waals surface area contributed by atoms with Gasteiger partial charge in [-0.2, -0.15) is 0 Å². The number of aliphatic hydroxyl groups is 1. The number of hydrogen-bond acceptors (Lipinski definition) is 4. The molecule has 1 fully saturated rings. The van der Waals surface area contributed by atoms with E-state index in [9.17, 15) is 9.50 Å². The first-order valence-electron chi connectivity index (χ1n) is 6.90. The van der Waals surface area contributed by atoms with Crippen LogP contribution in [0.15, 0.2) is 18.2 Å². The lowest BCUT2D eigenvalue weighted by molar-refractivity contribution is -0.112. The molecule has 1 heterocycles. The van der Waals surface area contributed by atoms with Gasteiger partial charge in [0.15, 0.2) is 0 Å². The van der Waals surface area contributed by atoms with E-state index in [1.54, 1.807) is 20.1 Å². The third kappa shape index (κ3) is 3.69. The molecule has 0 saturated carbocycles. The highest BCUT2D eigenvalue weighted by Gasteiger charge is 2.33. The van der Waals surface area contributed by atoms with Gasteiger partial charge in [-0.1, -0.05) is 0 Å². The van der Waals surface area contributed by atoms with Crippen LogP contribution in [0.2, 0.25) is 0 Å². The summed E-state index contributed by atoms with van der Waals surface area (Å²) in [4.78, 5) is 0. The number of methoxy groups -OCH3 is 1. The van der Waals surface area contributed by atoms with Gasteiger partial charge in [0, 0.05) is 13.1 Å². The van der Waals surface area contributed by atoms with Gasteiger partial charge in [0.2, 0.25) is 0 Å². The fourth-order valence-electron chi connectivity index (χ4n) is 2.46. The minimum Gasteiger partial charge on any atom is -0.496 e. The second-order valence-electron chi connectivity index (χ2n) is 5.38. The van der Waals surface area contributed by atoms with Crippen molar-refractivity contribution in [3.05, 3.63) is 29.6 Å². The number of rotatable bonds is 5. The number of morpholine rings is 1. The maximum absolute atomic E-state index is 13.3. The number of hydrogen-bond donors (Lipinski definition) is 2. The molecule has 0 radical (unpaired) electrons. The largest absolute Gasteiger partial charge is 0.496 e. The molecule has 2 atom stereocenters. The van der Waals surface area contributed by atoms with Gasteiger partial charge >= 0.3 is 0 Å². The van der Waals surface area contributed by atoms with Gasteiger partial charge in [-0.25, -0.2) is 4.39 Å². The molecule has 20 heavy (non-hydrogen) atoms. The average Bonchev–Trinajstić information content (AvgIpc) is 2.46. The lowest BCUT2D eigenvalue weighted by Gasteiger charge is -2.36. The first-order valence-corrected chi connectivity index (χ1v) is 6.90. The summed E-state index contributed by atoms with van der Waals surface area (Å²) in [5.41, 5.74) is -0.193. The highest BCUT2D eigenvalue weighted by Crippen LogP contribution is 2.26. The molecular formula is C15H22FNO3. The Morgan fingerprint density at radius 1 is 1.55 bits per heavy atom. The van der Waals surface area contributed by atoms with Crippen molar-refractivity contribution in [1.29, 1.82) is 0 Å². The van der Waals surface area contributed by atoms with Gasteiger partial charge in [-0.15, -0.1) is 0 Å². The van der Waals surface area contributed by atoms with Crippen LogP contribution < -0.4 is 10.1 Å². The molecule has 0 spiro atoms. The second-order valence-corrected chi connectivity index (χ2v) is 5.38. The van der Waals surface area contributed by atoms with Crippen LogP contribution in [-0.4, -0.2) is 43.6 Å². The van der Waals surface area contributed by atoms with Crippen molar-refractivity contribution < 1.29 is 19.0 Å². The summed E-state index contributed by atoms with van der Waals surface area (Å²) >= 11 is 0. The predicted octanol–water partition coefficient (Wildman–Crippen LogP) is 1.51. The van der Waals surface area contributed by atoms with Crippen molar-refractivity contribution in [2.24, 2.45) is 0 Å². The molecular weight excluding hydrogens is 261 g/mol. The lowest BCUT2D eigenvalue weighted by Crippen LogP contribution is -2.51. The van der Waals surface area contributed by atoms with E-state index < -0.39 is 5.60 Å². The van der Waals surface area contributed by atoms with Crippen LogP contribution in [0, 0.1) is 5.82 Å². The number of aryl methyl sites for hydroxylation is 1. The standard InChI is InChI=1S/C15H22FNO3/c1-15(18,14-10-17-7-8-20-14)6-5-11-9-12(16)3-4-13(11)19-2/h3-4,9,14,17-18H,5-8,10H2,1-2H3.